The number of nitrogens with zero attached hydrogens (tertiary/aromatic N) is 2. The van der Waals surface area contributed by atoms with Crippen LogP contribution >= 0.6 is 0 Å². The third-order valence-electron chi connectivity index (χ3n) is 10.1. The third kappa shape index (κ3) is 2.16. The first-order valence-corrected chi connectivity index (χ1v) is 12.2. The smallest absolute Gasteiger partial charge is 0.414 e. The highest BCUT2D eigenvalue weighted by Crippen LogP contribution is 2.79. The summed E-state index contributed by atoms with van der Waals surface area (Å²) in [6.07, 6.45) is 2.22. The minimum absolute atomic E-state index is 0.0717. The Labute approximate surface area is 203 Å². The van der Waals surface area contributed by atoms with E-state index in [4.69, 9.17) is 18.9 Å². The maximum absolute atomic E-state index is 14.4. The first kappa shape index (κ1) is 22.9. The highest BCUT2D eigenvalue weighted by molar-refractivity contribution is 6.01. The number of methoxy groups -OCH3 is 4. The van der Waals surface area contributed by atoms with Crippen LogP contribution in [0.1, 0.15) is 44.1 Å². The Kier molecular flexibility index (Phi) is 4.45. The summed E-state index contributed by atoms with van der Waals surface area (Å²) in [5.74, 6) is -0.0736. The molecule has 1 aromatic rings. The first-order valence-electron chi connectivity index (χ1n) is 12.2. The number of piperidine rings is 1. The van der Waals surface area contributed by atoms with Crippen molar-refractivity contribution in [2.45, 2.75) is 61.1 Å². The number of carbonyl (C=O) groups is 2. The van der Waals surface area contributed by atoms with Crippen molar-refractivity contribution in [2.24, 2.45) is 5.41 Å². The molecule has 5 fully saturated rings. The van der Waals surface area contributed by atoms with Gasteiger partial charge in [0, 0.05) is 18.3 Å². The van der Waals surface area contributed by atoms with Gasteiger partial charge in [0.25, 0.3) is 0 Å². The van der Waals surface area contributed by atoms with Crippen LogP contribution in [0.4, 0.5) is 10.5 Å². The Bertz CT molecular complexity index is 1140. The van der Waals surface area contributed by atoms with E-state index in [0.717, 1.165) is 18.4 Å². The Morgan fingerprint density at radius 1 is 1.06 bits per heavy atom. The number of anilines is 1. The molecular formula is C25H32N2O8. The van der Waals surface area contributed by atoms with Crippen molar-refractivity contribution in [2.75, 3.05) is 46.4 Å². The largest absolute Gasteiger partial charge is 0.633 e. The van der Waals surface area contributed by atoms with Gasteiger partial charge in [0.1, 0.15) is 11.6 Å². The van der Waals surface area contributed by atoms with Gasteiger partial charge in [0.15, 0.2) is 17.1 Å². The van der Waals surface area contributed by atoms with Crippen LogP contribution in [0.2, 0.25) is 0 Å². The van der Waals surface area contributed by atoms with Gasteiger partial charge in [-0.2, -0.15) is 0 Å². The van der Waals surface area contributed by atoms with Gasteiger partial charge in [-0.3, -0.25) is 4.90 Å². The number of carbonyl (C=O) groups excluding carboxylic acids is 2. The predicted molar refractivity (Wildman–Crippen MR) is 123 cm³/mol. The van der Waals surface area contributed by atoms with Crippen LogP contribution < -0.4 is 14.4 Å². The molecule has 3 spiro atoms. The zero-order chi connectivity index (χ0) is 25.0. The van der Waals surface area contributed by atoms with Crippen molar-refractivity contribution in [3.8, 4) is 11.5 Å². The minimum atomic E-state index is -2.03. The molecule has 6 atom stereocenters. The molecule has 10 nitrogen and oxygen atoms in total. The average molecular weight is 489 g/mol. The number of rotatable bonds is 3. The van der Waals surface area contributed by atoms with Gasteiger partial charge in [-0.05, 0) is 37.3 Å². The summed E-state index contributed by atoms with van der Waals surface area (Å²) in [5.41, 5.74) is -3.88. The number of quaternary nitrogens is 1. The molecule has 190 valence electrons. The van der Waals surface area contributed by atoms with Gasteiger partial charge in [0.05, 0.1) is 52.6 Å². The first-order chi connectivity index (χ1) is 16.7. The molecular weight excluding hydrogens is 456 g/mol. The number of esters is 1. The van der Waals surface area contributed by atoms with E-state index >= 15 is 0 Å². The maximum Gasteiger partial charge on any atom is 0.414 e. The lowest BCUT2D eigenvalue weighted by Crippen LogP contribution is -2.87. The van der Waals surface area contributed by atoms with Gasteiger partial charge in [-0.1, -0.05) is 6.07 Å². The number of ether oxygens (including phenoxy) is 4. The number of amides is 1. The molecule has 2 bridgehead atoms. The minimum Gasteiger partial charge on any atom is -0.633 e. The lowest BCUT2D eigenvalue weighted by Gasteiger charge is -2.72. The molecule has 0 aromatic heterocycles. The van der Waals surface area contributed by atoms with Crippen LogP contribution in [0.15, 0.2) is 12.1 Å². The highest BCUT2D eigenvalue weighted by atomic mass is 16.6. The van der Waals surface area contributed by atoms with Crippen LogP contribution in [0.25, 0.3) is 0 Å². The van der Waals surface area contributed by atoms with E-state index in [9.17, 15) is 19.9 Å². The highest BCUT2D eigenvalue weighted by Gasteiger charge is 2.89. The average Bonchev–Trinajstić information content (AvgIpc) is 3.33. The normalized spacial score (nSPS) is 42.1. The fraction of sp³-hybridized carbons (Fsp3) is 0.680. The van der Waals surface area contributed by atoms with E-state index in [1.54, 1.807) is 6.07 Å². The molecule has 1 N–H and O–H groups in total. The lowest BCUT2D eigenvalue weighted by molar-refractivity contribution is -0.912. The Morgan fingerprint density at radius 3 is 2.49 bits per heavy atom. The van der Waals surface area contributed by atoms with Gasteiger partial charge < -0.3 is 33.9 Å². The second kappa shape index (κ2) is 6.80. The van der Waals surface area contributed by atoms with Crippen LogP contribution in [-0.2, 0) is 19.7 Å². The molecule has 6 aliphatic rings. The molecule has 3 aliphatic carbocycles. The molecule has 35 heavy (non-hydrogen) atoms. The molecule has 3 unspecified atom stereocenters. The summed E-state index contributed by atoms with van der Waals surface area (Å²) >= 11 is 0. The Balaban J connectivity index is 1.78. The summed E-state index contributed by atoms with van der Waals surface area (Å²) in [4.78, 5) is 28.6. The van der Waals surface area contributed by atoms with Crippen LogP contribution in [0, 0.1) is 10.6 Å². The monoisotopic (exact) mass is 488 g/mol. The second-order valence-corrected chi connectivity index (χ2v) is 10.9. The van der Waals surface area contributed by atoms with E-state index in [2.05, 4.69) is 0 Å². The Morgan fingerprint density at radius 2 is 1.83 bits per heavy atom. The van der Waals surface area contributed by atoms with Crippen molar-refractivity contribution in [3.05, 3.63) is 22.9 Å². The van der Waals surface area contributed by atoms with Crippen LogP contribution in [-0.4, -0.2) is 80.5 Å². The molecule has 3 heterocycles. The number of benzene rings is 1. The number of hydrogen-bond acceptors (Lipinski definition) is 8. The second-order valence-electron chi connectivity index (χ2n) is 10.9. The molecule has 1 aromatic carbocycles. The topological polar surface area (TPSA) is 118 Å². The zero-order valence-electron chi connectivity index (χ0n) is 20.6. The van der Waals surface area contributed by atoms with Gasteiger partial charge in [-0.15, -0.1) is 0 Å². The number of hydroxylamine groups is 3. The Hall–Kier alpha value is -2.56. The number of hydrogen-bond donors (Lipinski definition) is 1. The molecule has 3 aliphatic heterocycles. The zero-order valence-corrected chi connectivity index (χ0v) is 20.6. The van der Waals surface area contributed by atoms with Crippen LogP contribution in [0.3, 0.4) is 0 Å². The summed E-state index contributed by atoms with van der Waals surface area (Å²) in [6, 6.07) is 3.24. The van der Waals surface area contributed by atoms with Crippen molar-refractivity contribution < 1.29 is 38.3 Å². The summed E-state index contributed by atoms with van der Waals surface area (Å²) < 4.78 is 21.4. The number of aliphatic hydroxyl groups is 1. The molecule has 1 amide bonds. The fourth-order valence-electron chi connectivity index (χ4n) is 9.42. The molecule has 3 saturated carbocycles. The molecule has 7 rings (SSSR count). The van der Waals surface area contributed by atoms with Crippen molar-refractivity contribution in [3.63, 3.8) is 0 Å². The van der Waals surface area contributed by atoms with E-state index in [1.807, 2.05) is 6.07 Å². The molecule has 10 heteroatoms. The molecule has 2 saturated heterocycles. The number of fused-ring (bicyclic) bond motifs is 3. The SMILES string of the molecule is COC(=O)N1c2c(ccc(OC)c2OC)C23CC[N+]4([O-])CCCC5(CC[C@@]12[C@](O)(C(=O)OC)C5)[C@@H]34. The standard InChI is InChI=1S/C25H32N2O8/c1-32-16-7-6-15-17(18(16)33-2)26(21(29)35-4)25-10-9-22(14-24(25,30)20(28)34-3)8-5-12-27(31)13-11-23(15,25)19(22)27/h6-7,19,30H,5,8-14H2,1-4H3/t19-,22?,23?,24+,25+,27?/m0/s1. The summed E-state index contributed by atoms with van der Waals surface area (Å²) in [5, 5.41) is 26.9. The lowest BCUT2D eigenvalue weighted by atomic mass is 9.37. The van der Waals surface area contributed by atoms with Gasteiger partial charge in [0.2, 0.25) is 0 Å². The third-order valence-corrected chi connectivity index (χ3v) is 10.1. The fourth-order valence-corrected chi connectivity index (χ4v) is 9.42. The summed E-state index contributed by atoms with van der Waals surface area (Å²) in [7, 11) is 5.51. The van der Waals surface area contributed by atoms with Gasteiger partial charge >= 0.3 is 12.1 Å². The van der Waals surface area contributed by atoms with E-state index in [-0.39, 0.29) is 11.1 Å². The van der Waals surface area contributed by atoms with Crippen molar-refractivity contribution >= 4 is 17.7 Å². The molecule has 0 radical (unpaired) electrons. The van der Waals surface area contributed by atoms with Gasteiger partial charge in [-0.25, -0.2) is 9.59 Å². The quantitative estimate of drug-likeness (QED) is 0.391. The van der Waals surface area contributed by atoms with Crippen molar-refractivity contribution in [1.29, 1.82) is 0 Å². The van der Waals surface area contributed by atoms with E-state index in [1.165, 1.54) is 33.3 Å². The predicted octanol–water partition coefficient (Wildman–Crippen LogP) is 2.24. The van der Waals surface area contributed by atoms with Crippen LogP contribution in [0.5, 0.6) is 11.5 Å². The van der Waals surface area contributed by atoms with Crippen molar-refractivity contribution in [1.82, 2.24) is 0 Å². The van der Waals surface area contributed by atoms with E-state index in [0.29, 0.717) is 49.5 Å². The summed E-state index contributed by atoms with van der Waals surface area (Å²) in [6.45, 7) is 0.843. The maximum atomic E-state index is 14.4. The van der Waals surface area contributed by atoms with E-state index < -0.39 is 40.1 Å².